The average molecular weight is 221 g/mol. The van der Waals surface area contributed by atoms with E-state index in [1.165, 1.54) is 18.7 Å². The zero-order valence-electron chi connectivity index (χ0n) is 9.03. The van der Waals surface area contributed by atoms with Crippen LogP contribution in [0, 0.1) is 0 Å². The van der Waals surface area contributed by atoms with Crippen molar-refractivity contribution in [2.24, 2.45) is 0 Å². The standard InChI is InChI=1S/C11H15N3O2/c15-10-8-9(4-5-12-10)11(16)13-14-6-2-1-3-7-14/h4-5,8H,1-3,6-7H2,(H,12,15)(H,13,16). The molecule has 0 spiro atoms. The van der Waals surface area contributed by atoms with Crippen molar-refractivity contribution >= 4 is 5.91 Å². The fourth-order valence-electron chi connectivity index (χ4n) is 1.80. The molecule has 0 aliphatic carbocycles. The smallest absolute Gasteiger partial charge is 0.265 e. The molecule has 0 radical (unpaired) electrons. The Morgan fingerprint density at radius 3 is 2.75 bits per heavy atom. The molecule has 1 amide bonds. The molecule has 86 valence electrons. The third-order valence-corrected chi connectivity index (χ3v) is 2.65. The molecule has 5 nitrogen and oxygen atoms in total. The van der Waals surface area contributed by atoms with Gasteiger partial charge in [-0.05, 0) is 18.9 Å². The quantitative estimate of drug-likeness (QED) is 0.764. The number of amides is 1. The number of carbonyl (C=O) groups is 1. The maximum absolute atomic E-state index is 11.8. The van der Waals surface area contributed by atoms with Crippen LogP contribution in [0.4, 0.5) is 0 Å². The highest BCUT2D eigenvalue weighted by Gasteiger charge is 2.13. The molecule has 0 saturated carbocycles. The first-order valence-corrected chi connectivity index (χ1v) is 5.50. The predicted octanol–water partition coefficient (Wildman–Crippen LogP) is 0.506. The van der Waals surface area contributed by atoms with Gasteiger partial charge in [-0.3, -0.25) is 15.0 Å². The number of hydrogen-bond donors (Lipinski definition) is 2. The molecule has 1 aliphatic rings. The van der Waals surface area contributed by atoms with Gasteiger partial charge in [-0.15, -0.1) is 0 Å². The maximum Gasteiger partial charge on any atom is 0.265 e. The lowest BCUT2D eigenvalue weighted by molar-refractivity contribution is 0.0750. The Kier molecular flexibility index (Phi) is 3.36. The summed E-state index contributed by atoms with van der Waals surface area (Å²) in [5.41, 5.74) is 2.94. The van der Waals surface area contributed by atoms with Crippen LogP contribution in [-0.2, 0) is 0 Å². The topological polar surface area (TPSA) is 65.2 Å². The van der Waals surface area contributed by atoms with Crippen molar-refractivity contribution in [3.63, 3.8) is 0 Å². The zero-order chi connectivity index (χ0) is 11.4. The molecule has 2 rings (SSSR count). The van der Waals surface area contributed by atoms with Crippen molar-refractivity contribution in [2.45, 2.75) is 19.3 Å². The lowest BCUT2D eigenvalue weighted by Gasteiger charge is -2.26. The minimum Gasteiger partial charge on any atom is -0.329 e. The summed E-state index contributed by atoms with van der Waals surface area (Å²) < 4.78 is 0. The fraction of sp³-hybridized carbons (Fsp3) is 0.455. The van der Waals surface area contributed by atoms with Crippen molar-refractivity contribution < 1.29 is 4.79 Å². The van der Waals surface area contributed by atoms with E-state index in [0.29, 0.717) is 5.56 Å². The van der Waals surface area contributed by atoms with Crippen LogP contribution in [0.5, 0.6) is 0 Å². The van der Waals surface area contributed by atoms with Crippen LogP contribution in [0.15, 0.2) is 23.1 Å². The molecular weight excluding hydrogens is 206 g/mol. The van der Waals surface area contributed by atoms with E-state index in [9.17, 15) is 9.59 Å². The summed E-state index contributed by atoms with van der Waals surface area (Å²) in [6.45, 7) is 1.77. The number of hydrazine groups is 1. The molecule has 0 atom stereocenters. The van der Waals surface area contributed by atoms with Gasteiger partial charge in [0.05, 0.1) is 0 Å². The number of carbonyl (C=O) groups excluding carboxylic acids is 1. The fourth-order valence-corrected chi connectivity index (χ4v) is 1.80. The summed E-state index contributed by atoms with van der Waals surface area (Å²) in [5, 5.41) is 1.91. The van der Waals surface area contributed by atoms with Crippen LogP contribution in [0.3, 0.4) is 0 Å². The second-order valence-electron chi connectivity index (χ2n) is 3.93. The van der Waals surface area contributed by atoms with E-state index >= 15 is 0 Å². The van der Waals surface area contributed by atoms with Gasteiger partial charge in [-0.25, -0.2) is 5.01 Å². The van der Waals surface area contributed by atoms with Crippen molar-refractivity contribution in [3.8, 4) is 0 Å². The van der Waals surface area contributed by atoms with Crippen LogP contribution in [0.2, 0.25) is 0 Å². The first-order chi connectivity index (χ1) is 7.75. The van der Waals surface area contributed by atoms with E-state index in [4.69, 9.17) is 0 Å². The summed E-state index contributed by atoms with van der Waals surface area (Å²) in [5.74, 6) is -0.215. The number of aromatic amines is 1. The van der Waals surface area contributed by atoms with Gasteiger partial charge in [0.1, 0.15) is 0 Å². The van der Waals surface area contributed by atoms with Crippen LogP contribution in [-0.4, -0.2) is 29.0 Å². The lowest BCUT2D eigenvalue weighted by Crippen LogP contribution is -2.45. The molecule has 2 N–H and O–H groups in total. The molecule has 1 fully saturated rings. The number of piperidine rings is 1. The zero-order valence-corrected chi connectivity index (χ0v) is 9.03. The second kappa shape index (κ2) is 4.94. The average Bonchev–Trinajstić information content (AvgIpc) is 2.30. The molecule has 1 aliphatic heterocycles. The molecule has 1 aromatic heterocycles. The lowest BCUT2D eigenvalue weighted by atomic mass is 10.2. The van der Waals surface area contributed by atoms with Crippen molar-refractivity contribution in [1.29, 1.82) is 0 Å². The Bertz CT molecular complexity index is 421. The van der Waals surface area contributed by atoms with E-state index in [1.54, 1.807) is 6.07 Å². The van der Waals surface area contributed by atoms with Gasteiger partial charge in [-0.2, -0.15) is 0 Å². The van der Waals surface area contributed by atoms with Crippen molar-refractivity contribution in [1.82, 2.24) is 15.4 Å². The van der Waals surface area contributed by atoms with Crippen LogP contribution >= 0.6 is 0 Å². The number of H-pyrrole nitrogens is 1. The number of nitrogens with one attached hydrogen (secondary N) is 2. The maximum atomic E-state index is 11.8. The van der Waals surface area contributed by atoms with Gasteiger partial charge < -0.3 is 4.98 Å². The summed E-state index contributed by atoms with van der Waals surface area (Å²) >= 11 is 0. The van der Waals surface area contributed by atoms with E-state index in [0.717, 1.165) is 25.9 Å². The molecular formula is C11H15N3O2. The third kappa shape index (κ3) is 2.70. The predicted molar refractivity (Wildman–Crippen MR) is 60.0 cm³/mol. The van der Waals surface area contributed by atoms with Crippen molar-refractivity contribution in [3.05, 3.63) is 34.2 Å². The summed E-state index contributed by atoms with van der Waals surface area (Å²) in [6, 6.07) is 2.90. The first-order valence-electron chi connectivity index (χ1n) is 5.50. The molecule has 0 aromatic carbocycles. The van der Waals surface area contributed by atoms with Gasteiger partial charge in [0.25, 0.3) is 5.91 Å². The molecule has 2 heterocycles. The highest BCUT2D eigenvalue weighted by molar-refractivity contribution is 5.93. The number of aromatic nitrogens is 1. The Balaban J connectivity index is 1.99. The first kappa shape index (κ1) is 10.9. The second-order valence-corrected chi connectivity index (χ2v) is 3.93. The monoisotopic (exact) mass is 221 g/mol. The van der Waals surface area contributed by atoms with Crippen molar-refractivity contribution in [2.75, 3.05) is 13.1 Å². The molecule has 5 heteroatoms. The number of rotatable bonds is 2. The van der Waals surface area contributed by atoms with Gasteiger partial charge in [0.2, 0.25) is 5.56 Å². The van der Waals surface area contributed by atoms with E-state index in [1.807, 2.05) is 5.01 Å². The molecule has 16 heavy (non-hydrogen) atoms. The van der Waals surface area contributed by atoms with Crippen LogP contribution in [0.1, 0.15) is 29.6 Å². The van der Waals surface area contributed by atoms with E-state index in [2.05, 4.69) is 10.4 Å². The van der Waals surface area contributed by atoms with Gasteiger partial charge in [0, 0.05) is 30.9 Å². The van der Waals surface area contributed by atoms with Crippen LogP contribution in [0.25, 0.3) is 0 Å². The minimum absolute atomic E-state index is 0.215. The molecule has 0 bridgehead atoms. The number of nitrogens with zero attached hydrogens (tertiary/aromatic N) is 1. The minimum atomic E-state index is -0.258. The molecule has 0 unspecified atom stereocenters. The van der Waals surface area contributed by atoms with E-state index in [-0.39, 0.29) is 11.5 Å². The SMILES string of the molecule is O=C(NN1CCCCC1)c1cc[nH]c(=O)c1. The third-order valence-electron chi connectivity index (χ3n) is 2.65. The Hall–Kier alpha value is -1.62. The molecule has 1 aromatic rings. The largest absolute Gasteiger partial charge is 0.329 e. The van der Waals surface area contributed by atoms with Gasteiger partial charge in [-0.1, -0.05) is 6.42 Å². The normalized spacial score (nSPS) is 17.0. The van der Waals surface area contributed by atoms with Crippen LogP contribution < -0.4 is 11.0 Å². The highest BCUT2D eigenvalue weighted by atomic mass is 16.2. The summed E-state index contributed by atoms with van der Waals surface area (Å²) in [7, 11) is 0. The number of hydrogen-bond acceptors (Lipinski definition) is 3. The number of pyridine rings is 1. The Morgan fingerprint density at radius 2 is 2.06 bits per heavy atom. The Morgan fingerprint density at radius 1 is 1.31 bits per heavy atom. The highest BCUT2D eigenvalue weighted by Crippen LogP contribution is 2.06. The molecule has 1 saturated heterocycles. The summed E-state index contributed by atoms with van der Waals surface area (Å²) in [4.78, 5) is 25.3. The van der Waals surface area contributed by atoms with Gasteiger partial charge in [0.15, 0.2) is 0 Å². The van der Waals surface area contributed by atoms with Gasteiger partial charge >= 0.3 is 0 Å². The summed E-state index contributed by atoms with van der Waals surface area (Å²) in [6.07, 6.45) is 4.91. The Labute approximate surface area is 93.4 Å². The van der Waals surface area contributed by atoms with E-state index < -0.39 is 0 Å².